The van der Waals surface area contributed by atoms with Crippen LogP contribution in [0.15, 0.2) is 24.3 Å². The zero-order valence-electron chi connectivity index (χ0n) is 35.3. The van der Waals surface area contributed by atoms with Gasteiger partial charge in [0.05, 0.1) is 6.54 Å². The Morgan fingerprint density at radius 2 is 0.738 bits per heavy atom. The molecule has 0 heterocycles. The number of carboxylic acids is 1. The van der Waals surface area contributed by atoms with Gasteiger partial charge in [0.25, 0.3) is 0 Å². The molecular formula is C38H56N12O15. The predicted molar refractivity (Wildman–Crippen MR) is 222 cm³/mol. The molecule has 1 aromatic rings. The largest absolute Gasteiger partial charge is 0.508 e. The van der Waals surface area contributed by atoms with E-state index >= 15 is 0 Å². The van der Waals surface area contributed by atoms with Crippen molar-refractivity contribution in [2.24, 2.45) is 28.7 Å². The Kier molecular flexibility index (Phi) is 23.7. The second-order valence-electron chi connectivity index (χ2n) is 14.6. The average molecular weight is 921 g/mol. The lowest BCUT2D eigenvalue weighted by Crippen LogP contribution is -2.60. The van der Waals surface area contributed by atoms with Gasteiger partial charge in [-0.3, -0.25) is 57.5 Å². The van der Waals surface area contributed by atoms with Gasteiger partial charge in [-0.25, -0.2) is 4.79 Å². The number of carboxylic acid groups (broad SMARTS) is 1. The summed E-state index contributed by atoms with van der Waals surface area (Å²) in [4.78, 5) is 162. The van der Waals surface area contributed by atoms with Crippen molar-refractivity contribution in [3.63, 3.8) is 0 Å². The van der Waals surface area contributed by atoms with Crippen LogP contribution in [-0.4, -0.2) is 130 Å². The maximum Gasteiger partial charge on any atom is 0.326 e. The van der Waals surface area contributed by atoms with Crippen LogP contribution in [0.3, 0.4) is 0 Å². The number of primary amides is 5. The highest BCUT2D eigenvalue weighted by Crippen LogP contribution is 2.13. The number of nitrogens with one attached hydrogen (secondary N) is 7. The van der Waals surface area contributed by atoms with E-state index in [1.54, 1.807) is 0 Å². The molecule has 0 saturated heterocycles. The van der Waals surface area contributed by atoms with E-state index in [-0.39, 0.29) is 18.6 Å². The Hall–Kier alpha value is -7.87. The fourth-order valence-electron chi connectivity index (χ4n) is 5.66. The molecule has 27 heteroatoms. The van der Waals surface area contributed by atoms with Gasteiger partial charge in [-0.15, -0.1) is 0 Å². The maximum absolute atomic E-state index is 13.8. The van der Waals surface area contributed by atoms with Gasteiger partial charge < -0.3 is 76.1 Å². The predicted octanol–water partition coefficient (Wildman–Crippen LogP) is -6.61. The highest BCUT2D eigenvalue weighted by Gasteiger charge is 2.34. The molecule has 0 fully saturated rings. The van der Waals surface area contributed by atoms with Crippen molar-refractivity contribution in [3.05, 3.63) is 29.8 Å². The summed E-state index contributed by atoms with van der Waals surface area (Å²) in [6.07, 6.45) is -5.32. The number of nitrogens with two attached hydrogens (primary N) is 5. The maximum atomic E-state index is 13.8. The Morgan fingerprint density at radius 1 is 0.462 bits per heavy atom. The van der Waals surface area contributed by atoms with Crippen LogP contribution in [0.4, 0.5) is 0 Å². The number of rotatable bonds is 31. The van der Waals surface area contributed by atoms with Crippen molar-refractivity contribution in [3.8, 4) is 5.75 Å². The van der Waals surface area contributed by atoms with E-state index in [9.17, 15) is 72.5 Å². The second-order valence-corrected chi connectivity index (χ2v) is 14.6. The first-order chi connectivity index (χ1) is 30.4. The molecule has 6 atom stereocenters. The van der Waals surface area contributed by atoms with E-state index in [2.05, 4.69) is 37.2 Å². The quantitative estimate of drug-likeness (QED) is 0.0329. The number of phenolic OH excluding ortho intramolecular Hbond substituents is 1. The minimum absolute atomic E-state index is 0.111. The van der Waals surface area contributed by atoms with E-state index in [1.807, 2.05) is 0 Å². The average Bonchev–Trinajstić information content (AvgIpc) is 3.21. The zero-order valence-corrected chi connectivity index (χ0v) is 35.3. The topological polar surface area (TPSA) is 477 Å². The van der Waals surface area contributed by atoms with Crippen molar-refractivity contribution >= 4 is 76.9 Å². The highest BCUT2D eigenvalue weighted by molar-refractivity contribution is 5.98. The van der Waals surface area contributed by atoms with Crippen LogP contribution in [0.25, 0.3) is 0 Å². The summed E-state index contributed by atoms with van der Waals surface area (Å²) in [6.45, 7) is 0.541. The third-order valence-corrected chi connectivity index (χ3v) is 9.07. The smallest absolute Gasteiger partial charge is 0.326 e. The van der Waals surface area contributed by atoms with E-state index in [0.717, 1.165) is 6.92 Å². The van der Waals surface area contributed by atoms with Crippen LogP contribution in [0, 0.1) is 0 Å². The Bertz CT molecular complexity index is 1950. The van der Waals surface area contributed by atoms with Gasteiger partial charge in [-0.2, -0.15) is 0 Å². The fourth-order valence-corrected chi connectivity index (χ4v) is 5.66. The van der Waals surface area contributed by atoms with Crippen LogP contribution < -0.4 is 65.9 Å². The van der Waals surface area contributed by atoms with Crippen molar-refractivity contribution in [2.45, 2.75) is 114 Å². The molecule has 358 valence electrons. The number of benzene rings is 1. The van der Waals surface area contributed by atoms with E-state index in [0.29, 0.717) is 5.56 Å². The lowest BCUT2D eigenvalue weighted by Gasteiger charge is -2.27. The summed E-state index contributed by atoms with van der Waals surface area (Å²) < 4.78 is 0. The number of amides is 12. The number of carbonyl (C=O) groups excluding carboxylic acids is 12. The molecule has 0 aliphatic rings. The molecular weight excluding hydrogens is 864 g/mol. The summed E-state index contributed by atoms with van der Waals surface area (Å²) >= 11 is 0. The number of hydrogen-bond donors (Lipinski definition) is 14. The molecule has 0 radical (unpaired) electrons. The SMILES string of the molecule is CC(=O)NCC(=O)N[C@@H](CCC(N)=O)C(=O)N[C@@H](CCC(N)=O)C(=O)N[C@@H](CCC(N)=O)C(=O)N[C@@H](CCC(N)=O)C(=O)N[C@@H](CCC(N)=O)C(=O)N[C@@H](Cc1ccc(O)cc1)C(=O)O. The van der Waals surface area contributed by atoms with Gasteiger partial charge in [-0.05, 0) is 49.8 Å². The summed E-state index contributed by atoms with van der Waals surface area (Å²) in [5.74, 6) is -13.4. The second kappa shape index (κ2) is 27.9. The molecule has 0 unspecified atom stereocenters. The summed E-state index contributed by atoms with van der Waals surface area (Å²) in [7, 11) is 0. The molecule has 0 aromatic heterocycles. The van der Waals surface area contributed by atoms with Crippen LogP contribution in [0.1, 0.15) is 76.7 Å². The van der Waals surface area contributed by atoms with Crippen LogP contribution >= 0.6 is 0 Å². The Morgan fingerprint density at radius 3 is 1.00 bits per heavy atom. The molecule has 19 N–H and O–H groups in total. The van der Waals surface area contributed by atoms with Gasteiger partial charge in [0.15, 0.2) is 0 Å². The minimum Gasteiger partial charge on any atom is -0.508 e. The third-order valence-electron chi connectivity index (χ3n) is 9.07. The van der Waals surface area contributed by atoms with Crippen molar-refractivity contribution < 1.29 is 72.5 Å². The minimum atomic E-state index is -1.76. The Labute approximate surface area is 370 Å². The molecule has 0 aliphatic carbocycles. The first-order valence-corrected chi connectivity index (χ1v) is 19.9. The number of hydrogen-bond acceptors (Lipinski definition) is 14. The molecule has 0 saturated carbocycles. The van der Waals surface area contributed by atoms with Gasteiger partial charge in [-0.1, -0.05) is 12.1 Å². The molecule has 27 nitrogen and oxygen atoms in total. The molecule has 1 rings (SSSR count). The summed E-state index contributed by atoms with van der Waals surface area (Å²) in [5, 5.41) is 35.2. The van der Waals surface area contributed by atoms with E-state index in [4.69, 9.17) is 28.7 Å². The van der Waals surface area contributed by atoms with E-state index < -0.39 is 177 Å². The molecule has 12 amide bonds. The molecule has 0 aliphatic heterocycles. The van der Waals surface area contributed by atoms with E-state index in [1.165, 1.54) is 24.3 Å². The standard InChI is InChI=1S/C38H56N12O15/c1-18(51)44-17-32(58)45-21(6-11-27(39)53)33(59)46-22(7-12-28(40)54)34(60)47-23(8-13-29(41)55)35(61)48-24(9-14-30(42)56)36(62)49-25(10-15-31(43)57)37(63)50-26(38(64)65)16-19-2-4-20(52)5-3-19/h2-5,21-26,52H,6-17H2,1H3,(H2,39,53)(H2,40,54)(H2,41,55)(H2,42,56)(H2,43,57)(H,44,51)(H,45,58)(H,46,59)(H,47,60)(H,48,61)(H,49,62)(H,50,63)(H,64,65)/t21-,22-,23-,24-,25-,26-/m0/s1. The van der Waals surface area contributed by atoms with Crippen molar-refractivity contribution in [2.75, 3.05) is 6.54 Å². The lowest BCUT2D eigenvalue weighted by atomic mass is 10.0. The van der Waals surface area contributed by atoms with Gasteiger partial charge in [0, 0.05) is 45.4 Å². The van der Waals surface area contributed by atoms with Crippen LogP contribution in [-0.2, 0) is 68.7 Å². The fraction of sp³-hybridized carbons (Fsp3) is 0.500. The summed E-state index contributed by atoms with van der Waals surface area (Å²) in [6, 6.07) is -4.65. The number of aromatic hydroxyl groups is 1. The van der Waals surface area contributed by atoms with Crippen molar-refractivity contribution in [1.82, 2.24) is 37.2 Å². The molecule has 0 spiro atoms. The molecule has 0 bridgehead atoms. The lowest BCUT2D eigenvalue weighted by molar-refractivity contribution is -0.142. The monoisotopic (exact) mass is 920 g/mol. The van der Waals surface area contributed by atoms with Crippen LogP contribution in [0.5, 0.6) is 5.75 Å². The van der Waals surface area contributed by atoms with Gasteiger partial charge in [0.1, 0.15) is 42.0 Å². The zero-order chi connectivity index (χ0) is 49.4. The third kappa shape index (κ3) is 23.2. The molecule has 1 aromatic carbocycles. The normalized spacial score (nSPS) is 13.4. The number of phenols is 1. The van der Waals surface area contributed by atoms with Crippen LogP contribution in [0.2, 0.25) is 0 Å². The first-order valence-electron chi connectivity index (χ1n) is 19.9. The summed E-state index contributed by atoms with van der Waals surface area (Å²) in [5.41, 5.74) is 26.7. The highest BCUT2D eigenvalue weighted by atomic mass is 16.4. The van der Waals surface area contributed by atoms with Crippen molar-refractivity contribution in [1.29, 1.82) is 0 Å². The number of carbonyl (C=O) groups is 13. The van der Waals surface area contributed by atoms with Gasteiger partial charge >= 0.3 is 5.97 Å². The Balaban J connectivity index is 3.47. The number of aliphatic carboxylic acids is 1. The first kappa shape index (κ1) is 55.1. The van der Waals surface area contributed by atoms with Gasteiger partial charge in [0.2, 0.25) is 70.9 Å². The molecule has 65 heavy (non-hydrogen) atoms.